The van der Waals surface area contributed by atoms with Crippen molar-refractivity contribution in [2.45, 2.75) is 50.7 Å². The zero-order chi connectivity index (χ0) is 13.4. The second kappa shape index (κ2) is 5.69. The summed E-state index contributed by atoms with van der Waals surface area (Å²) in [5, 5.41) is 5.63. The Hall–Kier alpha value is -0.140. The van der Waals surface area contributed by atoms with E-state index in [1.54, 1.807) is 11.3 Å². The van der Waals surface area contributed by atoms with Crippen LogP contribution >= 0.6 is 33.9 Å². The number of carbonyl (C=O) groups is 1. The number of hydrogen-bond acceptors (Lipinski definition) is 3. The maximum Gasteiger partial charge on any atom is 0.254 e. The molecule has 1 aromatic rings. The van der Waals surface area contributed by atoms with Gasteiger partial charge in [0.25, 0.3) is 5.91 Å². The van der Waals surface area contributed by atoms with Crippen LogP contribution in [0.15, 0.2) is 11.4 Å². The Morgan fingerprint density at radius 2 is 2.16 bits per heavy atom. The predicted octanol–water partition coefficient (Wildman–Crippen LogP) is 3.10. The van der Waals surface area contributed by atoms with E-state index in [4.69, 9.17) is 0 Å². The lowest BCUT2D eigenvalue weighted by molar-refractivity contribution is 0.0631. The van der Waals surface area contributed by atoms with Crippen LogP contribution in [0.5, 0.6) is 0 Å². The molecule has 1 aromatic heterocycles. The number of nitrogens with one attached hydrogen (secondary N) is 1. The van der Waals surface area contributed by atoms with Gasteiger partial charge in [0.05, 0.1) is 8.45 Å². The summed E-state index contributed by atoms with van der Waals surface area (Å²) in [5.74, 6) is 0.216. The molecule has 104 valence electrons. The molecular weight excluding hydrogens is 371 g/mol. The molecule has 2 fully saturated rings. The van der Waals surface area contributed by atoms with Crippen LogP contribution in [0.4, 0.5) is 0 Å². The molecular formula is C14H19IN2OS. The van der Waals surface area contributed by atoms with Gasteiger partial charge in [0.1, 0.15) is 0 Å². The normalized spacial score (nSPS) is 29.5. The van der Waals surface area contributed by atoms with Crippen LogP contribution in [0.25, 0.3) is 0 Å². The van der Waals surface area contributed by atoms with Crippen LogP contribution in [0, 0.1) is 2.88 Å². The molecule has 3 heterocycles. The van der Waals surface area contributed by atoms with E-state index >= 15 is 0 Å². The van der Waals surface area contributed by atoms with Gasteiger partial charge in [0.2, 0.25) is 0 Å². The Bertz CT molecular complexity index is 464. The van der Waals surface area contributed by atoms with Gasteiger partial charge in [-0.3, -0.25) is 4.79 Å². The quantitative estimate of drug-likeness (QED) is 0.805. The monoisotopic (exact) mass is 390 g/mol. The van der Waals surface area contributed by atoms with Gasteiger partial charge in [-0.25, -0.2) is 0 Å². The topological polar surface area (TPSA) is 32.3 Å². The number of nitrogens with zero attached hydrogens (tertiary/aromatic N) is 1. The smallest absolute Gasteiger partial charge is 0.254 e. The summed E-state index contributed by atoms with van der Waals surface area (Å²) in [6.07, 6.45) is 4.81. The lowest BCUT2D eigenvalue weighted by Gasteiger charge is -2.37. The van der Waals surface area contributed by atoms with E-state index in [0.29, 0.717) is 18.1 Å². The molecule has 2 aliphatic rings. The zero-order valence-corrected chi connectivity index (χ0v) is 14.0. The Morgan fingerprint density at radius 3 is 2.68 bits per heavy atom. The second-order valence-corrected chi connectivity index (χ2v) is 8.30. The minimum atomic E-state index is 0.216. The highest BCUT2D eigenvalue weighted by Gasteiger charge is 2.37. The highest BCUT2D eigenvalue weighted by Crippen LogP contribution is 2.30. The molecule has 2 unspecified atom stereocenters. The van der Waals surface area contributed by atoms with Crippen molar-refractivity contribution in [3.05, 3.63) is 19.9 Å². The lowest BCUT2D eigenvalue weighted by Crippen LogP contribution is -2.50. The van der Waals surface area contributed by atoms with Gasteiger partial charge in [0, 0.05) is 30.1 Å². The number of piperidine rings is 1. The Kier molecular flexibility index (Phi) is 4.14. The van der Waals surface area contributed by atoms with Gasteiger partial charge in [-0.15, -0.1) is 11.3 Å². The average molecular weight is 390 g/mol. The van der Waals surface area contributed by atoms with Gasteiger partial charge < -0.3 is 10.2 Å². The molecule has 2 bridgehead atoms. The largest absolute Gasteiger partial charge is 0.336 e. The van der Waals surface area contributed by atoms with Crippen molar-refractivity contribution < 1.29 is 4.79 Å². The van der Waals surface area contributed by atoms with E-state index < -0.39 is 0 Å². The van der Waals surface area contributed by atoms with Gasteiger partial charge >= 0.3 is 0 Å². The molecule has 19 heavy (non-hydrogen) atoms. The van der Waals surface area contributed by atoms with Gasteiger partial charge in [-0.05, 0) is 61.3 Å². The maximum atomic E-state index is 12.6. The van der Waals surface area contributed by atoms with E-state index in [1.165, 1.54) is 15.7 Å². The van der Waals surface area contributed by atoms with Crippen LogP contribution in [0.3, 0.4) is 0 Å². The van der Waals surface area contributed by atoms with Crippen molar-refractivity contribution in [3.8, 4) is 0 Å². The van der Waals surface area contributed by atoms with Crippen molar-refractivity contribution in [2.75, 3.05) is 6.54 Å². The van der Waals surface area contributed by atoms with Crippen LogP contribution in [0.2, 0.25) is 0 Å². The molecule has 2 saturated heterocycles. The first-order chi connectivity index (χ1) is 9.17. The fourth-order valence-electron chi connectivity index (χ4n) is 3.44. The van der Waals surface area contributed by atoms with Gasteiger partial charge in [-0.2, -0.15) is 0 Å². The van der Waals surface area contributed by atoms with Crippen molar-refractivity contribution in [3.63, 3.8) is 0 Å². The van der Waals surface area contributed by atoms with Gasteiger partial charge in [0.15, 0.2) is 0 Å². The standard InChI is InChI=1S/C14H19IN2OS/c1-2-17(14(18)9-5-13(15)19-8-9)12-6-10-3-4-11(7-12)16-10/h5,8,10-12,16H,2-4,6-7H2,1H3. The molecule has 3 nitrogen and oxygen atoms in total. The Balaban J connectivity index is 1.75. The third kappa shape index (κ3) is 2.83. The number of amides is 1. The molecule has 0 spiro atoms. The minimum Gasteiger partial charge on any atom is -0.336 e. The van der Waals surface area contributed by atoms with Gasteiger partial charge in [-0.1, -0.05) is 0 Å². The SMILES string of the molecule is CCN(C(=O)c1csc(I)c1)C1CC2CCC(C1)N2. The molecule has 5 heteroatoms. The molecule has 0 radical (unpaired) electrons. The second-order valence-electron chi connectivity index (χ2n) is 5.49. The number of rotatable bonds is 3. The maximum absolute atomic E-state index is 12.6. The molecule has 0 saturated carbocycles. The lowest BCUT2D eigenvalue weighted by atomic mass is 9.97. The fraction of sp³-hybridized carbons (Fsp3) is 0.643. The minimum absolute atomic E-state index is 0.216. The summed E-state index contributed by atoms with van der Waals surface area (Å²) in [7, 11) is 0. The highest BCUT2D eigenvalue weighted by atomic mass is 127. The number of fused-ring (bicyclic) bond motifs is 2. The van der Waals surface area contributed by atoms with E-state index in [0.717, 1.165) is 24.9 Å². The van der Waals surface area contributed by atoms with Crippen molar-refractivity contribution in [1.82, 2.24) is 10.2 Å². The van der Waals surface area contributed by atoms with E-state index in [1.807, 2.05) is 11.4 Å². The fourth-order valence-corrected chi connectivity index (χ4v) is 4.76. The van der Waals surface area contributed by atoms with Crippen molar-refractivity contribution in [2.24, 2.45) is 0 Å². The van der Waals surface area contributed by atoms with Crippen LogP contribution < -0.4 is 5.32 Å². The number of thiophene rings is 1. The van der Waals surface area contributed by atoms with Crippen LogP contribution in [-0.4, -0.2) is 35.5 Å². The zero-order valence-electron chi connectivity index (χ0n) is 11.1. The van der Waals surface area contributed by atoms with E-state index in [2.05, 4.69) is 39.7 Å². The predicted molar refractivity (Wildman–Crippen MR) is 86.7 cm³/mol. The molecule has 3 rings (SSSR count). The number of carbonyl (C=O) groups excluding carboxylic acids is 1. The van der Waals surface area contributed by atoms with E-state index in [9.17, 15) is 4.79 Å². The third-order valence-electron chi connectivity index (χ3n) is 4.30. The van der Waals surface area contributed by atoms with Crippen molar-refractivity contribution >= 4 is 39.8 Å². The molecule has 0 aliphatic carbocycles. The average Bonchev–Trinajstić information content (AvgIpc) is 2.97. The Labute approximate surface area is 131 Å². The highest BCUT2D eigenvalue weighted by molar-refractivity contribution is 14.1. The summed E-state index contributed by atoms with van der Waals surface area (Å²) < 4.78 is 1.18. The summed E-state index contributed by atoms with van der Waals surface area (Å²) in [4.78, 5) is 14.7. The number of halogens is 1. The first-order valence-electron chi connectivity index (χ1n) is 6.98. The molecule has 0 aromatic carbocycles. The molecule has 2 aliphatic heterocycles. The summed E-state index contributed by atoms with van der Waals surface area (Å²) in [6, 6.07) is 3.70. The number of hydrogen-bond donors (Lipinski definition) is 1. The summed E-state index contributed by atoms with van der Waals surface area (Å²) in [6.45, 7) is 2.91. The molecule has 2 atom stereocenters. The molecule has 1 N–H and O–H groups in total. The Morgan fingerprint density at radius 1 is 1.47 bits per heavy atom. The summed E-state index contributed by atoms with van der Waals surface area (Å²) >= 11 is 3.93. The first kappa shape index (κ1) is 13.8. The van der Waals surface area contributed by atoms with E-state index in [-0.39, 0.29) is 5.91 Å². The molecule has 1 amide bonds. The van der Waals surface area contributed by atoms with Crippen LogP contribution in [-0.2, 0) is 0 Å². The van der Waals surface area contributed by atoms with Crippen LogP contribution in [0.1, 0.15) is 43.0 Å². The third-order valence-corrected chi connectivity index (χ3v) is 6.09. The first-order valence-corrected chi connectivity index (χ1v) is 8.94. The van der Waals surface area contributed by atoms with Crippen molar-refractivity contribution in [1.29, 1.82) is 0 Å². The summed E-state index contributed by atoms with van der Waals surface area (Å²) in [5.41, 5.74) is 0.863.